The summed E-state index contributed by atoms with van der Waals surface area (Å²) in [5.74, 6) is 0. The van der Waals surface area contributed by atoms with E-state index >= 15 is 0 Å². The molecule has 2 heterocycles. The number of ether oxygens (including phenoxy) is 1. The number of aromatic nitrogens is 3. The molecule has 1 fully saturated rings. The summed E-state index contributed by atoms with van der Waals surface area (Å²) >= 11 is 0. The van der Waals surface area contributed by atoms with Gasteiger partial charge in [0, 0.05) is 13.1 Å². The smallest absolute Gasteiger partial charge is 0.0994 e. The maximum atomic E-state index is 5.91. The zero-order chi connectivity index (χ0) is 12.3. The fourth-order valence-corrected chi connectivity index (χ4v) is 1.97. The fourth-order valence-electron chi connectivity index (χ4n) is 1.97. The lowest BCUT2D eigenvalue weighted by Gasteiger charge is -2.29. The van der Waals surface area contributed by atoms with Crippen LogP contribution in [-0.4, -0.2) is 52.7 Å². The Bertz CT molecular complexity index is 353. The van der Waals surface area contributed by atoms with E-state index in [9.17, 15) is 0 Å². The molecule has 96 valence electrons. The van der Waals surface area contributed by atoms with Gasteiger partial charge < -0.3 is 15.4 Å². The van der Waals surface area contributed by atoms with Crippen LogP contribution in [0.4, 0.5) is 0 Å². The normalized spacial score (nSPS) is 23.8. The second kappa shape index (κ2) is 5.57. The van der Waals surface area contributed by atoms with Crippen LogP contribution < -0.4 is 5.73 Å². The highest BCUT2D eigenvalue weighted by atomic mass is 16.5. The van der Waals surface area contributed by atoms with Gasteiger partial charge in [0.2, 0.25) is 0 Å². The van der Waals surface area contributed by atoms with Crippen LogP contribution in [0.2, 0.25) is 0 Å². The van der Waals surface area contributed by atoms with Crippen molar-refractivity contribution in [2.75, 3.05) is 26.7 Å². The third-order valence-electron chi connectivity index (χ3n) is 3.11. The first-order chi connectivity index (χ1) is 8.19. The van der Waals surface area contributed by atoms with Crippen LogP contribution in [0.5, 0.6) is 0 Å². The Morgan fingerprint density at radius 2 is 2.47 bits per heavy atom. The second-order valence-electron chi connectivity index (χ2n) is 4.64. The minimum absolute atomic E-state index is 0.0151. The Kier molecular flexibility index (Phi) is 4.09. The lowest BCUT2D eigenvalue weighted by molar-refractivity contribution is -0.0292. The Labute approximate surface area is 102 Å². The number of hydrogen-bond acceptors (Lipinski definition) is 5. The van der Waals surface area contributed by atoms with Crippen molar-refractivity contribution < 1.29 is 4.74 Å². The molecule has 6 heteroatoms. The average Bonchev–Trinajstić information content (AvgIpc) is 2.76. The van der Waals surface area contributed by atoms with Crippen LogP contribution >= 0.6 is 0 Å². The van der Waals surface area contributed by atoms with Gasteiger partial charge in [-0.05, 0) is 13.5 Å². The third-order valence-corrected chi connectivity index (χ3v) is 3.11. The van der Waals surface area contributed by atoms with Crippen LogP contribution in [0.3, 0.4) is 0 Å². The molecule has 2 atom stereocenters. The van der Waals surface area contributed by atoms with Crippen molar-refractivity contribution in [1.82, 2.24) is 19.9 Å². The van der Waals surface area contributed by atoms with Gasteiger partial charge >= 0.3 is 0 Å². The van der Waals surface area contributed by atoms with Crippen molar-refractivity contribution >= 4 is 0 Å². The molecular weight excluding hydrogens is 218 g/mol. The summed E-state index contributed by atoms with van der Waals surface area (Å²) < 4.78 is 7.51. The zero-order valence-corrected chi connectivity index (χ0v) is 10.5. The number of morpholine rings is 1. The Hall–Kier alpha value is -0.980. The first-order valence-corrected chi connectivity index (χ1v) is 6.14. The maximum Gasteiger partial charge on any atom is 0.0994 e. The van der Waals surface area contributed by atoms with E-state index in [0.29, 0.717) is 0 Å². The number of rotatable bonds is 4. The molecule has 2 unspecified atom stereocenters. The van der Waals surface area contributed by atoms with E-state index in [1.165, 1.54) is 0 Å². The van der Waals surface area contributed by atoms with Crippen molar-refractivity contribution in [3.63, 3.8) is 0 Å². The molecule has 17 heavy (non-hydrogen) atoms. The summed E-state index contributed by atoms with van der Waals surface area (Å²) in [4.78, 5) is 2.27. The summed E-state index contributed by atoms with van der Waals surface area (Å²) in [6.07, 6.45) is 2.99. The highest BCUT2D eigenvalue weighted by Crippen LogP contribution is 2.10. The molecule has 1 aromatic heterocycles. The van der Waals surface area contributed by atoms with Gasteiger partial charge in [0.15, 0.2) is 0 Å². The van der Waals surface area contributed by atoms with Gasteiger partial charge in [-0.3, -0.25) is 0 Å². The Morgan fingerprint density at radius 3 is 3.18 bits per heavy atom. The first-order valence-electron chi connectivity index (χ1n) is 6.14. The lowest BCUT2D eigenvalue weighted by atomic mass is 10.2. The summed E-state index contributed by atoms with van der Waals surface area (Å²) in [7, 11) is 2.11. The van der Waals surface area contributed by atoms with E-state index in [1.54, 1.807) is 0 Å². The number of nitrogens with zero attached hydrogens (tertiary/aromatic N) is 4. The van der Waals surface area contributed by atoms with E-state index in [-0.39, 0.29) is 12.1 Å². The minimum atomic E-state index is -0.0151. The van der Waals surface area contributed by atoms with Crippen LogP contribution in [0.1, 0.15) is 25.1 Å². The molecule has 0 aromatic carbocycles. The van der Waals surface area contributed by atoms with Crippen LogP contribution in [0, 0.1) is 0 Å². The maximum absolute atomic E-state index is 5.91. The van der Waals surface area contributed by atoms with Gasteiger partial charge in [-0.1, -0.05) is 12.1 Å². The molecule has 0 amide bonds. The number of nitrogens with two attached hydrogens (primary N) is 1. The second-order valence-corrected chi connectivity index (χ2v) is 4.64. The van der Waals surface area contributed by atoms with E-state index < -0.39 is 0 Å². The van der Waals surface area contributed by atoms with Crippen LogP contribution in [-0.2, 0) is 11.3 Å². The van der Waals surface area contributed by atoms with Crippen molar-refractivity contribution in [3.05, 3.63) is 11.9 Å². The summed E-state index contributed by atoms with van der Waals surface area (Å²) in [6.45, 7) is 5.52. The molecule has 1 aliphatic heterocycles. The number of hydrogen-bond donors (Lipinski definition) is 1. The van der Waals surface area contributed by atoms with Gasteiger partial charge in [-0.2, -0.15) is 0 Å². The van der Waals surface area contributed by atoms with Crippen molar-refractivity contribution in [1.29, 1.82) is 0 Å². The summed E-state index contributed by atoms with van der Waals surface area (Å²) in [5, 5.41) is 8.18. The monoisotopic (exact) mass is 239 g/mol. The van der Waals surface area contributed by atoms with E-state index in [2.05, 4.69) is 22.3 Å². The average molecular weight is 239 g/mol. The number of likely N-dealkylation sites (N-methyl/N-ethyl adjacent to an activating group) is 1. The fraction of sp³-hybridized carbons (Fsp3) is 0.818. The van der Waals surface area contributed by atoms with Crippen LogP contribution in [0.15, 0.2) is 6.20 Å². The van der Waals surface area contributed by atoms with E-state index in [1.807, 2.05) is 17.8 Å². The SMILES string of the molecule is CCC(N)c1cn(CC2CN(C)CCO2)nn1. The largest absolute Gasteiger partial charge is 0.374 e. The molecule has 0 radical (unpaired) electrons. The van der Waals surface area contributed by atoms with E-state index in [0.717, 1.165) is 38.4 Å². The first kappa shape index (κ1) is 12.5. The van der Waals surface area contributed by atoms with Crippen LogP contribution in [0.25, 0.3) is 0 Å². The Morgan fingerprint density at radius 1 is 1.65 bits per heavy atom. The highest BCUT2D eigenvalue weighted by Gasteiger charge is 2.19. The molecule has 0 aliphatic carbocycles. The molecule has 0 spiro atoms. The van der Waals surface area contributed by atoms with Gasteiger partial charge in [-0.25, -0.2) is 4.68 Å². The lowest BCUT2D eigenvalue weighted by Crippen LogP contribution is -2.42. The van der Waals surface area contributed by atoms with Gasteiger partial charge in [0.25, 0.3) is 0 Å². The van der Waals surface area contributed by atoms with Crippen molar-refractivity contribution in [3.8, 4) is 0 Å². The molecule has 0 bridgehead atoms. The predicted molar refractivity (Wildman–Crippen MR) is 64.5 cm³/mol. The highest BCUT2D eigenvalue weighted by molar-refractivity contribution is 4.99. The Balaban J connectivity index is 1.92. The molecule has 2 N–H and O–H groups in total. The summed E-state index contributed by atoms with van der Waals surface area (Å²) in [6, 6.07) is -0.0151. The zero-order valence-electron chi connectivity index (χ0n) is 10.5. The quantitative estimate of drug-likeness (QED) is 0.802. The molecule has 6 nitrogen and oxygen atoms in total. The molecule has 1 saturated heterocycles. The topological polar surface area (TPSA) is 69.2 Å². The van der Waals surface area contributed by atoms with Gasteiger partial charge in [-0.15, -0.1) is 5.10 Å². The molecule has 1 aromatic rings. The summed E-state index contributed by atoms with van der Waals surface area (Å²) in [5.41, 5.74) is 6.77. The minimum Gasteiger partial charge on any atom is -0.374 e. The van der Waals surface area contributed by atoms with Crippen molar-refractivity contribution in [2.45, 2.75) is 32.0 Å². The standard InChI is InChI=1S/C11H21N5O/c1-3-10(12)11-8-16(14-13-11)7-9-6-15(2)4-5-17-9/h8-10H,3-7,12H2,1-2H3. The van der Waals surface area contributed by atoms with Crippen molar-refractivity contribution in [2.24, 2.45) is 5.73 Å². The van der Waals surface area contributed by atoms with E-state index in [4.69, 9.17) is 10.5 Å². The predicted octanol–water partition coefficient (Wildman–Crippen LogP) is 0.0185. The molecule has 0 saturated carbocycles. The molecule has 1 aliphatic rings. The third kappa shape index (κ3) is 3.24. The molecular formula is C11H21N5O. The van der Waals surface area contributed by atoms with Gasteiger partial charge in [0.05, 0.1) is 37.2 Å². The van der Waals surface area contributed by atoms with Gasteiger partial charge in [0.1, 0.15) is 0 Å². The molecule has 2 rings (SSSR count).